The molecule has 3 N–H and O–H groups in total. The molecule has 2 aromatic carbocycles. The van der Waals surface area contributed by atoms with Crippen LogP contribution in [-0.4, -0.2) is 76.2 Å². The summed E-state index contributed by atoms with van der Waals surface area (Å²) in [5, 5.41) is 29.3. The third-order valence-electron chi connectivity index (χ3n) is 8.88. The third-order valence-corrected chi connectivity index (χ3v) is 9.20. The molecule has 2 aliphatic rings. The summed E-state index contributed by atoms with van der Waals surface area (Å²) in [6.45, 7) is 4.97. The quantitative estimate of drug-likeness (QED) is 0.175. The molecular formula is C32H33ClF5N11O3. The Bertz CT molecular complexity index is 2010. The summed E-state index contributed by atoms with van der Waals surface area (Å²) >= 11 is 6.41. The standard InChI is InChI=1S/C32H33ClF5N11O3/c1-29(2,3)15-31(19-8-5-17(6-9-19)24-44-45-46-47(24)4)26(50)48(27(39)42-31)22(14-52-28(51)43-30(11-12-30)32(36,37)38)18-7-10-20(33)21(13-18)49-25(23(34)35)40-16-41-49/h5-10,13,16,22-23H,11-12,14-15H2,1-4H3,(H2,39,42)(H,43,51)/t22-,31-/m1/s1. The van der Waals surface area contributed by atoms with Crippen LogP contribution in [0.4, 0.5) is 26.7 Å². The minimum absolute atomic E-state index is 0.0318. The first-order valence-electron chi connectivity index (χ1n) is 15.9. The van der Waals surface area contributed by atoms with E-state index in [-0.39, 0.29) is 35.5 Å². The van der Waals surface area contributed by atoms with Gasteiger partial charge in [-0.2, -0.15) is 18.3 Å². The van der Waals surface area contributed by atoms with E-state index in [1.807, 2.05) is 26.1 Å². The molecule has 6 rings (SSSR count). The molecule has 4 aromatic rings. The van der Waals surface area contributed by atoms with Gasteiger partial charge < -0.3 is 15.4 Å². The van der Waals surface area contributed by atoms with Gasteiger partial charge in [-0.05, 0) is 58.4 Å². The fourth-order valence-electron chi connectivity index (χ4n) is 6.31. The lowest BCUT2D eigenvalue weighted by atomic mass is 9.75. The number of carbonyl (C=O) groups excluding carboxylic acids is 2. The maximum atomic E-state index is 14.9. The SMILES string of the molecule is Cn1nnnc1-c1ccc([C@@]2(CC(C)(C)C)NC(=N)N([C@H](COC(=O)NC3(C(F)(F)F)CC3)c3ccc(Cl)c(-n4ncnc4C(F)F)c3)C2=O)cc1. The van der Waals surface area contributed by atoms with Gasteiger partial charge in [-0.1, -0.05) is 62.7 Å². The van der Waals surface area contributed by atoms with E-state index < -0.39 is 65.5 Å². The van der Waals surface area contributed by atoms with Crippen molar-refractivity contribution in [3.8, 4) is 17.1 Å². The third kappa shape index (κ3) is 6.75. The van der Waals surface area contributed by atoms with Crippen LogP contribution in [0.15, 0.2) is 48.8 Å². The van der Waals surface area contributed by atoms with Crippen molar-refractivity contribution in [1.82, 2.24) is 50.5 Å². The number of rotatable bonds is 10. The maximum Gasteiger partial charge on any atom is 0.411 e. The zero-order chi connectivity index (χ0) is 37.8. The zero-order valence-corrected chi connectivity index (χ0v) is 28.9. The molecule has 1 saturated carbocycles. The molecule has 2 fully saturated rings. The Labute approximate surface area is 298 Å². The number of benzene rings is 2. The van der Waals surface area contributed by atoms with Crippen molar-refractivity contribution < 1.29 is 36.3 Å². The molecule has 0 spiro atoms. The monoisotopic (exact) mass is 749 g/mol. The van der Waals surface area contributed by atoms with Gasteiger partial charge in [0.15, 0.2) is 17.6 Å². The van der Waals surface area contributed by atoms with Crippen LogP contribution >= 0.6 is 11.6 Å². The van der Waals surface area contributed by atoms with Gasteiger partial charge >= 0.3 is 12.3 Å². The molecule has 1 saturated heterocycles. The summed E-state index contributed by atoms with van der Waals surface area (Å²) in [5.41, 5.74) is -3.32. The van der Waals surface area contributed by atoms with E-state index in [2.05, 4.69) is 30.9 Å². The highest BCUT2D eigenvalue weighted by molar-refractivity contribution is 6.32. The summed E-state index contributed by atoms with van der Waals surface area (Å²) < 4.78 is 76.1. The van der Waals surface area contributed by atoms with Gasteiger partial charge in [-0.15, -0.1) is 5.10 Å². The number of hydrogen-bond donors (Lipinski definition) is 3. The van der Waals surface area contributed by atoms with E-state index in [4.69, 9.17) is 21.7 Å². The smallest absolute Gasteiger partial charge is 0.411 e. The molecule has 276 valence electrons. The van der Waals surface area contributed by atoms with Crippen LogP contribution in [0.2, 0.25) is 5.02 Å². The molecule has 1 aliphatic carbocycles. The average Bonchev–Trinajstić information content (AvgIpc) is 3.37. The second-order valence-corrected chi connectivity index (χ2v) is 14.3. The van der Waals surface area contributed by atoms with Crippen LogP contribution in [-0.2, 0) is 22.1 Å². The fourth-order valence-corrected chi connectivity index (χ4v) is 6.50. The number of nitrogens with zero attached hydrogens (tertiary/aromatic N) is 8. The van der Waals surface area contributed by atoms with Crippen molar-refractivity contribution in [2.75, 3.05) is 6.61 Å². The number of ether oxygens (including phenoxy) is 1. The Morgan fingerprint density at radius 3 is 2.40 bits per heavy atom. The molecular weight excluding hydrogens is 717 g/mol. The minimum atomic E-state index is -4.72. The van der Waals surface area contributed by atoms with E-state index in [9.17, 15) is 31.5 Å². The lowest BCUT2D eigenvalue weighted by Crippen LogP contribution is -2.49. The van der Waals surface area contributed by atoms with Gasteiger partial charge in [0.1, 0.15) is 24.0 Å². The Morgan fingerprint density at radius 1 is 1.13 bits per heavy atom. The number of carbonyl (C=O) groups is 2. The summed E-state index contributed by atoms with van der Waals surface area (Å²) in [7, 11) is 1.67. The number of alkyl halides is 5. The molecule has 2 amide bonds. The largest absolute Gasteiger partial charge is 0.447 e. The van der Waals surface area contributed by atoms with E-state index in [0.29, 0.717) is 17.0 Å². The van der Waals surface area contributed by atoms with Crippen LogP contribution in [0.5, 0.6) is 0 Å². The van der Waals surface area contributed by atoms with Crippen LogP contribution in [0.1, 0.15) is 69.5 Å². The number of guanidine groups is 1. The first-order valence-corrected chi connectivity index (χ1v) is 16.3. The molecule has 0 bridgehead atoms. The van der Waals surface area contributed by atoms with Crippen LogP contribution in [0.3, 0.4) is 0 Å². The number of amides is 2. The topological polar surface area (TPSA) is 169 Å². The summed E-state index contributed by atoms with van der Waals surface area (Å²) in [5.74, 6) is -1.32. The molecule has 3 heterocycles. The highest BCUT2D eigenvalue weighted by Gasteiger charge is 2.64. The number of aromatic nitrogens is 7. The van der Waals surface area contributed by atoms with Gasteiger partial charge in [-0.25, -0.2) is 27.9 Å². The number of alkyl carbamates (subject to hydrolysis) is 1. The lowest BCUT2D eigenvalue weighted by molar-refractivity contribution is -0.164. The number of nitrogens with one attached hydrogen (secondary N) is 3. The molecule has 2 atom stereocenters. The Morgan fingerprint density at radius 2 is 1.83 bits per heavy atom. The average molecular weight is 750 g/mol. The van der Waals surface area contributed by atoms with Crippen molar-refractivity contribution in [2.45, 2.75) is 69.8 Å². The molecule has 2 aromatic heterocycles. The van der Waals surface area contributed by atoms with Crippen molar-refractivity contribution in [2.24, 2.45) is 12.5 Å². The van der Waals surface area contributed by atoms with Gasteiger partial charge in [0.25, 0.3) is 12.3 Å². The summed E-state index contributed by atoms with van der Waals surface area (Å²) in [6, 6.07) is 9.52. The maximum absolute atomic E-state index is 14.9. The molecule has 14 nitrogen and oxygen atoms in total. The first kappa shape index (κ1) is 36.6. The Kier molecular flexibility index (Phi) is 9.21. The number of hydrogen-bond acceptors (Lipinski definition) is 9. The normalized spacial score (nSPS) is 19.2. The van der Waals surface area contributed by atoms with Gasteiger partial charge in [0.05, 0.1) is 16.8 Å². The highest BCUT2D eigenvalue weighted by atomic mass is 35.5. The van der Waals surface area contributed by atoms with E-state index in [1.54, 1.807) is 31.3 Å². The molecule has 0 unspecified atom stereocenters. The molecule has 52 heavy (non-hydrogen) atoms. The first-order chi connectivity index (χ1) is 24.4. The van der Waals surface area contributed by atoms with Crippen molar-refractivity contribution in [3.05, 3.63) is 70.8 Å². The zero-order valence-electron chi connectivity index (χ0n) is 28.2. The van der Waals surface area contributed by atoms with Crippen LogP contribution in [0, 0.1) is 10.8 Å². The van der Waals surface area contributed by atoms with Crippen molar-refractivity contribution in [1.29, 1.82) is 5.41 Å². The predicted octanol–water partition coefficient (Wildman–Crippen LogP) is 5.61. The van der Waals surface area contributed by atoms with Gasteiger partial charge in [-0.3, -0.25) is 15.1 Å². The second kappa shape index (κ2) is 13.1. The summed E-state index contributed by atoms with van der Waals surface area (Å²) in [6.07, 6.45) is -8.76. The van der Waals surface area contributed by atoms with Crippen LogP contribution in [0.25, 0.3) is 17.1 Å². The van der Waals surface area contributed by atoms with E-state index >= 15 is 0 Å². The number of halogens is 6. The van der Waals surface area contributed by atoms with Crippen molar-refractivity contribution in [3.63, 3.8) is 0 Å². The molecule has 20 heteroatoms. The number of tetrazole rings is 1. The Balaban J connectivity index is 1.41. The number of aryl methyl sites for hydroxylation is 1. The molecule has 1 aliphatic heterocycles. The van der Waals surface area contributed by atoms with Gasteiger partial charge in [0.2, 0.25) is 0 Å². The highest BCUT2D eigenvalue weighted by Crippen LogP contribution is 2.49. The fraction of sp³-hybridized carbons (Fsp3) is 0.438. The lowest BCUT2D eigenvalue weighted by Gasteiger charge is -2.35. The predicted molar refractivity (Wildman–Crippen MR) is 174 cm³/mol. The van der Waals surface area contributed by atoms with E-state index in [1.165, 1.54) is 22.9 Å². The Hall–Kier alpha value is -5.20. The minimum Gasteiger partial charge on any atom is -0.447 e. The summed E-state index contributed by atoms with van der Waals surface area (Å²) in [4.78, 5) is 32.3. The van der Waals surface area contributed by atoms with Gasteiger partial charge in [0, 0.05) is 12.6 Å². The second-order valence-electron chi connectivity index (χ2n) is 13.9. The van der Waals surface area contributed by atoms with Crippen LogP contribution < -0.4 is 10.6 Å². The molecule has 0 radical (unpaired) electrons. The van der Waals surface area contributed by atoms with E-state index in [0.717, 1.165) is 15.9 Å². The van der Waals surface area contributed by atoms with Crippen molar-refractivity contribution >= 4 is 29.6 Å².